The monoisotopic (exact) mass is 223 g/mol. The summed E-state index contributed by atoms with van der Waals surface area (Å²) in [5.74, 6) is 0.537. The van der Waals surface area contributed by atoms with Gasteiger partial charge in [-0.2, -0.15) is 0 Å². The second kappa shape index (κ2) is 3.83. The maximum absolute atomic E-state index is 4.62. The van der Waals surface area contributed by atoms with E-state index < -0.39 is 0 Å². The fourth-order valence-electron chi connectivity index (χ4n) is 1.24. The maximum Gasteiger partial charge on any atom is 0.0958 e. The highest BCUT2D eigenvalue weighted by Gasteiger charge is 2.08. The van der Waals surface area contributed by atoms with Crippen molar-refractivity contribution in [2.75, 3.05) is 0 Å². The molecule has 2 aromatic rings. The largest absolute Gasteiger partial charge is 0.240 e. The Hall–Kier alpha value is -0.670. The minimum absolute atomic E-state index is 0.537. The standard InChI is InChI=1S/C11H13NS2/c1-7(2)11-12-9(6-13-11)10-5-4-8(3)14-10/h4-7H,1-3H3. The van der Waals surface area contributed by atoms with Crippen LogP contribution in [0, 0.1) is 6.92 Å². The molecule has 0 saturated carbocycles. The highest BCUT2D eigenvalue weighted by molar-refractivity contribution is 7.16. The van der Waals surface area contributed by atoms with Gasteiger partial charge in [-0.25, -0.2) is 4.98 Å². The van der Waals surface area contributed by atoms with E-state index >= 15 is 0 Å². The van der Waals surface area contributed by atoms with E-state index in [-0.39, 0.29) is 0 Å². The van der Waals surface area contributed by atoms with Crippen molar-refractivity contribution in [3.8, 4) is 10.6 Å². The predicted molar refractivity (Wildman–Crippen MR) is 64.3 cm³/mol. The van der Waals surface area contributed by atoms with E-state index in [1.54, 1.807) is 11.3 Å². The Morgan fingerprint density at radius 2 is 2.07 bits per heavy atom. The average molecular weight is 223 g/mol. The maximum atomic E-state index is 4.62. The quantitative estimate of drug-likeness (QED) is 0.739. The molecule has 2 aromatic heterocycles. The fourth-order valence-corrected chi connectivity index (χ4v) is 2.98. The Bertz CT molecular complexity index is 426. The van der Waals surface area contributed by atoms with Gasteiger partial charge in [0, 0.05) is 16.2 Å². The highest BCUT2D eigenvalue weighted by atomic mass is 32.1. The van der Waals surface area contributed by atoms with Gasteiger partial charge in [0.25, 0.3) is 0 Å². The van der Waals surface area contributed by atoms with Crippen molar-refractivity contribution < 1.29 is 0 Å². The van der Waals surface area contributed by atoms with E-state index in [0.717, 1.165) is 5.69 Å². The van der Waals surface area contributed by atoms with Gasteiger partial charge in [-0.05, 0) is 19.1 Å². The molecule has 0 N–H and O–H groups in total. The van der Waals surface area contributed by atoms with Gasteiger partial charge in [0.15, 0.2) is 0 Å². The lowest BCUT2D eigenvalue weighted by atomic mass is 10.2. The number of aromatic nitrogens is 1. The van der Waals surface area contributed by atoms with Gasteiger partial charge in [0.2, 0.25) is 0 Å². The fraction of sp³-hybridized carbons (Fsp3) is 0.364. The van der Waals surface area contributed by atoms with Gasteiger partial charge in [-0.15, -0.1) is 22.7 Å². The Morgan fingerprint density at radius 1 is 1.29 bits per heavy atom. The van der Waals surface area contributed by atoms with Crippen LogP contribution in [0.4, 0.5) is 0 Å². The zero-order chi connectivity index (χ0) is 10.1. The van der Waals surface area contributed by atoms with Crippen LogP contribution in [0.1, 0.15) is 29.7 Å². The van der Waals surface area contributed by atoms with Gasteiger partial charge >= 0.3 is 0 Å². The second-order valence-electron chi connectivity index (χ2n) is 3.64. The Kier molecular flexibility index (Phi) is 2.70. The number of aryl methyl sites for hydroxylation is 1. The molecule has 0 radical (unpaired) electrons. The normalized spacial score (nSPS) is 11.1. The van der Waals surface area contributed by atoms with E-state index in [1.165, 1.54) is 14.8 Å². The van der Waals surface area contributed by atoms with Crippen LogP contribution in [0.2, 0.25) is 0 Å². The first-order valence-electron chi connectivity index (χ1n) is 4.69. The van der Waals surface area contributed by atoms with E-state index in [1.807, 2.05) is 11.3 Å². The second-order valence-corrected chi connectivity index (χ2v) is 5.81. The van der Waals surface area contributed by atoms with Gasteiger partial charge < -0.3 is 0 Å². The minimum atomic E-state index is 0.537. The van der Waals surface area contributed by atoms with Crippen LogP contribution >= 0.6 is 22.7 Å². The van der Waals surface area contributed by atoms with Crippen molar-refractivity contribution in [3.05, 3.63) is 27.4 Å². The number of nitrogens with zero attached hydrogens (tertiary/aromatic N) is 1. The molecular weight excluding hydrogens is 210 g/mol. The van der Waals surface area contributed by atoms with Crippen molar-refractivity contribution >= 4 is 22.7 Å². The zero-order valence-corrected chi connectivity index (χ0v) is 10.2. The zero-order valence-electron chi connectivity index (χ0n) is 8.57. The van der Waals surface area contributed by atoms with E-state index in [0.29, 0.717) is 5.92 Å². The van der Waals surface area contributed by atoms with Crippen LogP contribution < -0.4 is 0 Å². The molecule has 74 valence electrons. The Labute approximate surface area is 92.4 Å². The van der Waals surface area contributed by atoms with Crippen molar-refractivity contribution in [1.82, 2.24) is 4.98 Å². The third kappa shape index (κ3) is 1.88. The van der Waals surface area contributed by atoms with Gasteiger partial charge in [-0.1, -0.05) is 13.8 Å². The lowest BCUT2D eigenvalue weighted by molar-refractivity contribution is 0.854. The summed E-state index contributed by atoms with van der Waals surface area (Å²) in [6.07, 6.45) is 0. The molecule has 0 bridgehead atoms. The molecule has 1 nitrogen and oxygen atoms in total. The molecule has 0 aliphatic rings. The number of hydrogen-bond donors (Lipinski definition) is 0. The molecule has 0 amide bonds. The number of rotatable bonds is 2. The molecule has 0 unspecified atom stereocenters. The SMILES string of the molecule is Cc1ccc(-c2csc(C(C)C)n2)s1. The van der Waals surface area contributed by atoms with Crippen molar-refractivity contribution in [2.45, 2.75) is 26.7 Å². The van der Waals surface area contributed by atoms with E-state index in [4.69, 9.17) is 0 Å². The van der Waals surface area contributed by atoms with Crippen LogP contribution in [0.25, 0.3) is 10.6 Å². The minimum Gasteiger partial charge on any atom is -0.240 e. The number of thiazole rings is 1. The van der Waals surface area contributed by atoms with Crippen molar-refractivity contribution in [1.29, 1.82) is 0 Å². The molecule has 3 heteroatoms. The molecule has 0 aliphatic heterocycles. The summed E-state index contributed by atoms with van der Waals surface area (Å²) in [6.45, 7) is 6.49. The first kappa shape index (κ1) is 9.87. The highest BCUT2D eigenvalue weighted by Crippen LogP contribution is 2.30. The number of hydrogen-bond acceptors (Lipinski definition) is 3. The first-order valence-corrected chi connectivity index (χ1v) is 6.38. The van der Waals surface area contributed by atoms with Gasteiger partial charge in [0.05, 0.1) is 15.6 Å². The summed E-state index contributed by atoms with van der Waals surface area (Å²) in [5, 5.41) is 3.38. The summed E-state index contributed by atoms with van der Waals surface area (Å²) >= 11 is 3.57. The van der Waals surface area contributed by atoms with Crippen molar-refractivity contribution in [3.63, 3.8) is 0 Å². The summed E-state index contributed by atoms with van der Waals surface area (Å²) < 4.78 is 0. The average Bonchev–Trinajstić information content (AvgIpc) is 2.70. The topological polar surface area (TPSA) is 12.9 Å². The number of thiophene rings is 1. The Balaban J connectivity index is 2.33. The molecule has 2 heterocycles. The van der Waals surface area contributed by atoms with Crippen LogP contribution in [0.15, 0.2) is 17.5 Å². The van der Waals surface area contributed by atoms with Gasteiger partial charge in [0.1, 0.15) is 0 Å². The van der Waals surface area contributed by atoms with Crippen LogP contribution in [-0.2, 0) is 0 Å². The lowest BCUT2D eigenvalue weighted by Gasteiger charge is -1.95. The van der Waals surface area contributed by atoms with Gasteiger partial charge in [-0.3, -0.25) is 0 Å². The van der Waals surface area contributed by atoms with Crippen LogP contribution in [-0.4, -0.2) is 4.98 Å². The smallest absolute Gasteiger partial charge is 0.0958 e. The molecule has 0 fully saturated rings. The van der Waals surface area contributed by atoms with Crippen LogP contribution in [0.5, 0.6) is 0 Å². The third-order valence-electron chi connectivity index (χ3n) is 2.01. The summed E-state index contributed by atoms with van der Waals surface area (Å²) in [6, 6.07) is 4.30. The van der Waals surface area contributed by atoms with Crippen molar-refractivity contribution in [2.24, 2.45) is 0 Å². The van der Waals surface area contributed by atoms with E-state index in [9.17, 15) is 0 Å². The van der Waals surface area contributed by atoms with E-state index in [2.05, 4.69) is 43.3 Å². The Morgan fingerprint density at radius 3 is 2.57 bits per heavy atom. The third-order valence-corrected chi connectivity index (χ3v) is 4.18. The molecule has 0 spiro atoms. The molecule has 0 atom stereocenters. The first-order chi connectivity index (χ1) is 6.66. The summed E-state index contributed by atoms with van der Waals surface area (Å²) in [7, 11) is 0. The molecule has 2 rings (SSSR count). The predicted octanol–water partition coefficient (Wildman–Crippen LogP) is 4.30. The molecule has 0 saturated heterocycles. The molecule has 0 aromatic carbocycles. The van der Waals surface area contributed by atoms with Crippen LogP contribution in [0.3, 0.4) is 0 Å². The lowest BCUT2D eigenvalue weighted by Crippen LogP contribution is -1.84. The summed E-state index contributed by atoms with van der Waals surface area (Å²) in [4.78, 5) is 7.25. The molecule has 0 aliphatic carbocycles. The summed E-state index contributed by atoms with van der Waals surface area (Å²) in [5.41, 5.74) is 1.14. The molecule has 14 heavy (non-hydrogen) atoms. The molecular formula is C11H13NS2.